The van der Waals surface area contributed by atoms with Crippen molar-refractivity contribution in [3.05, 3.63) is 53.7 Å². The zero-order valence-corrected chi connectivity index (χ0v) is 16.1. The van der Waals surface area contributed by atoms with Crippen LogP contribution in [0.5, 0.6) is 11.5 Å². The van der Waals surface area contributed by atoms with Gasteiger partial charge in [0.25, 0.3) is 5.91 Å². The number of carbonyl (C=O) groups is 1. The highest BCUT2D eigenvalue weighted by atomic mass is 16.7. The molecule has 1 saturated heterocycles. The molecule has 148 valence electrons. The average Bonchev–Trinajstić information content (AvgIpc) is 3.25. The van der Waals surface area contributed by atoms with Crippen LogP contribution < -0.4 is 19.7 Å². The molecular weight excluding hydrogens is 368 g/mol. The fraction of sp³-hybridized carbons (Fsp3) is 0.318. The number of fused-ring (bicyclic) bond motifs is 2. The minimum absolute atomic E-state index is 0.232. The third-order valence-electron chi connectivity index (χ3n) is 5.43. The van der Waals surface area contributed by atoms with E-state index < -0.39 is 0 Å². The van der Waals surface area contributed by atoms with Gasteiger partial charge in [-0.1, -0.05) is 30.3 Å². The number of hydrogen-bond acceptors (Lipinski definition) is 6. The van der Waals surface area contributed by atoms with Crippen LogP contribution in [0, 0.1) is 0 Å². The Kier molecular flexibility index (Phi) is 4.63. The summed E-state index contributed by atoms with van der Waals surface area (Å²) in [5.41, 5.74) is 1.28. The number of amides is 1. The Bertz CT molecular complexity index is 1060. The molecule has 2 aliphatic rings. The van der Waals surface area contributed by atoms with Gasteiger partial charge in [-0.3, -0.25) is 4.79 Å². The minimum Gasteiger partial charge on any atom is -0.454 e. The van der Waals surface area contributed by atoms with Crippen LogP contribution in [0.25, 0.3) is 10.8 Å². The number of anilines is 1. The summed E-state index contributed by atoms with van der Waals surface area (Å²) in [7, 11) is 0. The summed E-state index contributed by atoms with van der Waals surface area (Å²) in [5.74, 6) is 2.06. The smallest absolute Gasteiger partial charge is 0.272 e. The van der Waals surface area contributed by atoms with E-state index in [0.717, 1.165) is 53.8 Å². The van der Waals surface area contributed by atoms with Gasteiger partial charge in [-0.25, -0.2) is 0 Å². The van der Waals surface area contributed by atoms with E-state index in [1.165, 1.54) is 6.42 Å². The molecule has 3 aromatic rings. The SMILES string of the molecule is O=C(NCc1ccc2c(c1)OCO2)c1nnc(N2CCCCC2)c2ccccc12. The second-order valence-electron chi connectivity index (χ2n) is 7.34. The fourth-order valence-corrected chi connectivity index (χ4v) is 3.91. The first kappa shape index (κ1) is 17.7. The maximum atomic E-state index is 12.9. The zero-order valence-electron chi connectivity index (χ0n) is 16.1. The van der Waals surface area contributed by atoms with Crippen molar-refractivity contribution in [3.8, 4) is 11.5 Å². The summed E-state index contributed by atoms with van der Waals surface area (Å²) in [6.45, 7) is 2.57. The summed E-state index contributed by atoms with van der Waals surface area (Å²) in [4.78, 5) is 15.1. The Morgan fingerprint density at radius 1 is 0.966 bits per heavy atom. The molecular formula is C22H22N4O3. The fourth-order valence-electron chi connectivity index (χ4n) is 3.91. The molecule has 7 nitrogen and oxygen atoms in total. The van der Waals surface area contributed by atoms with E-state index in [0.29, 0.717) is 18.0 Å². The lowest BCUT2D eigenvalue weighted by molar-refractivity contribution is 0.0946. The maximum Gasteiger partial charge on any atom is 0.272 e. The quantitative estimate of drug-likeness (QED) is 0.737. The molecule has 0 bridgehead atoms. The molecule has 29 heavy (non-hydrogen) atoms. The van der Waals surface area contributed by atoms with Crippen molar-refractivity contribution in [2.24, 2.45) is 0 Å². The second-order valence-corrected chi connectivity index (χ2v) is 7.34. The van der Waals surface area contributed by atoms with E-state index in [2.05, 4.69) is 20.4 Å². The molecule has 0 spiro atoms. The average molecular weight is 390 g/mol. The molecule has 0 radical (unpaired) electrons. The van der Waals surface area contributed by atoms with E-state index in [4.69, 9.17) is 9.47 Å². The Balaban J connectivity index is 1.39. The van der Waals surface area contributed by atoms with E-state index >= 15 is 0 Å². The van der Waals surface area contributed by atoms with Gasteiger partial charge in [-0.15, -0.1) is 10.2 Å². The molecule has 0 atom stereocenters. The van der Waals surface area contributed by atoms with E-state index in [9.17, 15) is 4.79 Å². The third kappa shape index (κ3) is 3.44. The molecule has 2 aliphatic heterocycles. The highest BCUT2D eigenvalue weighted by Gasteiger charge is 2.20. The minimum atomic E-state index is -0.239. The summed E-state index contributed by atoms with van der Waals surface area (Å²) < 4.78 is 10.7. The normalized spacial score (nSPS) is 15.5. The van der Waals surface area contributed by atoms with Gasteiger partial charge < -0.3 is 19.7 Å². The molecule has 1 aromatic heterocycles. The van der Waals surface area contributed by atoms with Gasteiger partial charge in [-0.05, 0) is 37.0 Å². The molecule has 1 N–H and O–H groups in total. The number of rotatable bonds is 4. The molecule has 0 unspecified atom stereocenters. The van der Waals surface area contributed by atoms with Crippen LogP contribution in [0.4, 0.5) is 5.82 Å². The molecule has 3 heterocycles. The van der Waals surface area contributed by atoms with Gasteiger partial charge in [0.2, 0.25) is 6.79 Å². The predicted octanol–water partition coefficient (Wildman–Crippen LogP) is 3.28. The van der Waals surface area contributed by atoms with Crippen LogP contribution in [-0.2, 0) is 6.54 Å². The Labute approximate surface area is 168 Å². The second kappa shape index (κ2) is 7.58. The number of carbonyl (C=O) groups excluding carboxylic acids is 1. The number of ether oxygens (including phenoxy) is 2. The van der Waals surface area contributed by atoms with Crippen molar-refractivity contribution >= 4 is 22.5 Å². The van der Waals surface area contributed by atoms with Gasteiger partial charge in [0.15, 0.2) is 23.0 Å². The van der Waals surface area contributed by atoms with Crippen LogP contribution in [0.3, 0.4) is 0 Å². The monoisotopic (exact) mass is 390 g/mol. The molecule has 5 rings (SSSR count). The van der Waals surface area contributed by atoms with E-state index in [1.54, 1.807) is 0 Å². The largest absolute Gasteiger partial charge is 0.454 e. The van der Waals surface area contributed by atoms with Gasteiger partial charge in [0, 0.05) is 30.4 Å². The molecule has 1 fully saturated rings. The third-order valence-corrected chi connectivity index (χ3v) is 5.43. The van der Waals surface area contributed by atoms with Gasteiger partial charge in [-0.2, -0.15) is 0 Å². The Morgan fingerprint density at radius 3 is 2.62 bits per heavy atom. The van der Waals surface area contributed by atoms with Crippen LogP contribution in [-0.4, -0.2) is 36.0 Å². The molecule has 2 aromatic carbocycles. The summed E-state index contributed by atoms with van der Waals surface area (Å²) in [5, 5.41) is 13.5. The molecule has 0 aliphatic carbocycles. The first-order valence-electron chi connectivity index (χ1n) is 9.97. The van der Waals surface area contributed by atoms with Crippen molar-refractivity contribution in [2.45, 2.75) is 25.8 Å². The predicted molar refractivity (Wildman–Crippen MR) is 109 cm³/mol. The van der Waals surface area contributed by atoms with Crippen molar-refractivity contribution in [2.75, 3.05) is 24.8 Å². The summed E-state index contributed by atoms with van der Waals surface area (Å²) in [6, 6.07) is 13.5. The molecule has 0 saturated carbocycles. The van der Waals surface area contributed by atoms with E-state index in [1.807, 2.05) is 42.5 Å². The number of nitrogens with zero attached hydrogens (tertiary/aromatic N) is 3. The first-order chi connectivity index (χ1) is 14.3. The molecule has 7 heteroatoms. The van der Waals surface area contributed by atoms with Crippen molar-refractivity contribution in [3.63, 3.8) is 0 Å². The number of aromatic nitrogens is 2. The van der Waals surface area contributed by atoms with Crippen molar-refractivity contribution < 1.29 is 14.3 Å². The van der Waals surface area contributed by atoms with Gasteiger partial charge >= 0.3 is 0 Å². The number of piperidine rings is 1. The van der Waals surface area contributed by atoms with Crippen LogP contribution in [0.15, 0.2) is 42.5 Å². The highest BCUT2D eigenvalue weighted by molar-refractivity contribution is 6.07. The van der Waals surface area contributed by atoms with E-state index in [-0.39, 0.29) is 12.7 Å². The van der Waals surface area contributed by atoms with Gasteiger partial charge in [0.1, 0.15) is 0 Å². The highest BCUT2D eigenvalue weighted by Crippen LogP contribution is 2.32. The van der Waals surface area contributed by atoms with Crippen LogP contribution in [0.2, 0.25) is 0 Å². The number of benzene rings is 2. The number of nitrogens with one attached hydrogen (secondary N) is 1. The molecule has 1 amide bonds. The standard InChI is InChI=1S/C22H22N4O3/c27-22(23-13-15-8-9-18-19(12-15)29-14-28-18)20-16-6-2-3-7-17(16)21(25-24-20)26-10-4-1-5-11-26/h2-3,6-9,12H,1,4-5,10-11,13-14H2,(H,23,27). The topological polar surface area (TPSA) is 76.6 Å². The zero-order chi connectivity index (χ0) is 19.6. The van der Waals surface area contributed by atoms with Crippen LogP contribution >= 0.6 is 0 Å². The summed E-state index contributed by atoms with van der Waals surface area (Å²) >= 11 is 0. The Hall–Kier alpha value is -3.35. The number of hydrogen-bond donors (Lipinski definition) is 1. The Morgan fingerprint density at radius 2 is 1.76 bits per heavy atom. The van der Waals surface area contributed by atoms with Crippen molar-refractivity contribution in [1.82, 2.24) is 15.5 Å². The lowest BCUT2D eigenvalue weighted by atomic mass is 10.1. The van der Waals surface area contributed by atoms with Crippen LogP contribution in [0.1, 0.15) is 35.3 Å². The van der Waals surface area contributed by atoms with Gasteiger partial charge in [0.05, 0.1) is 0 Å². The maximum absolute atomic E-state index is 12.9. The lowest BCUT2D eigenvalue weighted by Gasteiger charge is -2.28. The summed E-state index contributed by atoms with van der Waals surface area (Å²) in [6.07, 6.45) is 3.57. The first-order valence-corrected chi connectivity index (χ1v) is 9.97. The lowest BCUT2D eigenvalue weighted by Crippen LogP contribution is -2.31. The van der Waals surface area contributed by atoms with Crippen molar-refractivity contribution in [1.29, 1.82) is 0 Å².